The Kier molecular flexibility index (Phi) is 2.90. The zero-order valence-electron chi connectivity index (χ0n) is 8.09. The first kappa shape index (κ1) is 9.01. The predicted molar refractivity (Wildman–Crippen MR) is 48.8 cm³/mol. The van der Waals surface area contributed by atoms with E-state index in [0.29, 0.717) is 18.1 Å². The Balaban J connectivity index is 2.36. The van der Waals surface area contributed by atoms with Gasteiger partial charge in [0.1, 0.15) is 0 Å². The lowest BCUT2D eigenvalue weighted by molar-refractivity contribution is 0.294. The summed E-state index contributed by atoms with van der Waals surface area (Å²) in [5.41, 5.74) is 0. The van der Waals surface area contributed by atoms with Crippen LogP contribution in [-0.2, 0) is 0 Å². The minimum Gasteiger partial charge on any atom is -0.310 e. The van der Waals surface area contributed by atoms with Crippen molar-refractivity contribution in [3.63, 3.8) is 0 Å². The Labute approximate surface area is 70.0 Å². The van der Waals surface area contributed by atoms with Gasteiger partial charge in [-0.3, -0.25) is 0 Å². The number of likely N-dealkylation sites (tertiary alicyclic amines) is 1. The highest BCUT2D eigenvalue weighted by Crippen LogP contribution is 2.15. The summed E-state index contributed by atoms with van der Waals surface area (Å²) in [7, 11) is 2.20. The molecule has 1 saturated heterocycles. The molecule has 0 radical (unpaired) electrons. The van der Waals surface area contributed by atoms with Crippen LogP contribution in [0.3, 0.4) is 0 Å². The highest BCUT2D eigenvalue weighted by Gasteiger charge is 2.27. The molecule has 1 fully saturated rings. The average Bonchev–Trinajstić information content (AvgIpc) is 2.18. The summed E-state index contributed by atoms with van der Waals surface area (Å²) < 4.78 is 0. The number of rotatable bonds is 2. The number of nitrogens with zero attached hydrogens (tertiary/aromatic N) is 1. The maximum absolute atomic E-state index is 3.58. The first-order valence-electron chi connectivity index (χ1n) is 4.57. The van der Waals surface area contributed by atoms with Gasteiger partial charge in [0.05, 0.1) is 0 Å². The van der Waals surface area contributed by atoms with Crippen molar-refractivity contribution in [1.82, 2.24) is 10.2 Å². The molecule has 2 heteroatoms. The second-order valence-corrected chi connectivity index (χ2v) is 3.94. The minimum absolute atomic E-state index is 0.619. The molecule has 2 atom stereocenters. The Hall–Kier alpha value is -0.0800. The van der Waals surface area contributed by atoms with E-state index in [0.717, 1.165) is 0 Å². The lowest BCUT2D eigenvalue weighted by Gasteiger charge is -2.23. The number of nitrogens with one attached hydrogen (secondary N) is 1. The molecule has 0 aliphatic carbocycles. The molecule has 11 heavy (non-hydrogen) atoms. The van der Waals surface area contributed by atoms with Crippen molar-refractivity contribution in [2.45, 2.75) is 45.3 Å². The fourth-order valence-corrected chi connectivity index (χ4v) is 1.75. The van der Waals surface area contributed by atoms with Gasteiger partial charge in [-0.15, -0.1) is 0 Å². The van der Waals surface area contributed by atoms with Crippen LogP contribution in [0, 0.1) is 0 Å². The van der Waals surface area contributed by atoms with Crippen molar-refractivity contribution >= 4 is 0 Å². The van der Waals surface area contributed by atoms with Gasteiger partial charge in [-0.2, -0.15) is 0 Å². The largest absolute Gasteiger partial charge is 0.310 e. The molecule has 0 saturated carbocycles. The molecule has 0 aromatic rings. The maximum atomic E-state index is 3.58. The molecular formula is C9H20N2. The van der Waals surface area contributed by atoms with E-state index in [-0.39, 0.29) is 0 Å². The SMILES string of the molecule is CC(C)NC1CCN(C)C1C. The molecule has 1 aliphatic heterocycles. The smallest absolute Gasteiger partial charge is 0.0235 e. The van der Waals surface area contributed by atoms with Gasteiger partial charge in [0, 0.05) is 18.1 Å². The summed E-state index contributed by atoms with van der Waals surface area (Å²) >= 11 is 0. The summed E-state index contributed by atoms with van der Waals surface area (Å²) in [5, 5.41) is 3.58. The number of hydrogen-bond donors (Lipinski definition) is 1. The summed E-state index contributed by atoms with van der Waals surface area (Å²) in [6.45, 7) is 7.97. The van der Waals surface area contributed by atoms with Crippen molar-refractivity contribution < 1.29 is 0 Å². The molecule has 1 N–H and O–H groups in total. The third-order valence-electron chi connectivity index (χ3n) is 2.62. The normalized spacial score (nSPS) is 33.5. The third-order valence-corrected chi connectivity index (χ3v) is 2.62. The van der Waals surface area contributed by atoms with Crippen LogP contribution in [0.15, 0.2) is 0 Å². The van der Waals surface area contributed by atoms with Crippen molar-refractivity contribution in [2.75, 3.05) is 13.6 Å². The Morgan fingerprint density at radius 3 is 2.45 bits per heavy atom. The van der Waals surface area contributed by atoms with Gasteiger partial charge >= 0.3 is 0 Å². The quantitative estimate of drug-likeness (QED) is 0.643. The second kappa shape index (κ2) is 3.55. The topological polar surface area (TPSA) is 15.3 Å². The van der Waals surface area contributed by atoms with Crippen LogP contribution >= 0.6 is 0 Å². The van der Waals surface area contributed by atoms with Crippen molar-refractivity contribution in [2.24, 2.45) is 0 Å². The van der Waals surface area contributed by atoms with E-state index in [1.54, 1.807) is 0 Å². The number of hydrogen-bond acceptors (Lipinski definition) is 2. The highest BCUT2D eigenvalue weighted by molar-refractivity contribution is 4.87. The number of likely N-dealkylation sites (N-methyl/N-ethyl adjacent to an activating group) is 1. The van der Waals surface area contributed by atoms with E-state index in [1.165, 1.54) is 13.0 Å². The van der Waals surface area contributed by atoms with Crippen molar-refractivity contribution in [3.8, 4) is 0 Å². The average molecular weight is 156 g/mol. The van der Waals surface area contributed by atoms with E-state index in [4.69, 9.17) is 0 Å². The Morgan fingerprint density at radius 2 is 2.09 bits per heavy atom. The van der Waals surface area contributed by atoms with Gasteiger partial charge in [0.2, 0.25) is 0 Å². The standard InChI is InChI=1S/C9H20N2/c1-7(2)10-9-5-6-11(4)8(9)3/h7-10H,5-6H2,1-4H3. The first-order chi connectivity index (χ1) is 5.11. The molecule has 0 bridgehead atoms. The van der Waals surface area contributed by atoms with Crippen molar-refractivity contribution in [3.05, 3.63) is 0 Å². The lowest BCUT2D eigenvalue weighted by atomic mass is 10.1. The van der Waals surface area contributed by atoms with E-state index >= 15 is 0 Å². The molecular weight excluding hydrogens is 136 g/mol. The van der Waals surface area contributed by atoms with Crippen LogP contribution in [-0.4, -0.2) is 36.6 Å². The molecule has 1 heterocycles. The Bertz CT molecular complexity index is 123. The van der Waals surface area contributed by atoms with Crippen LogP contribution in [0.1, 0.15) is 27.2 Å². The van der Waals surface area contributed by atoms with E-state index in [9.17, 15) is 0 Å². The molecule has 2 unspecified atom stereocenters. The lowest BCUT2D eigenvalue weighted by Crippen LogP contribution is -2.42. The molecule has 66 valence electrons. The molecule has 0 spiro atoms. The molecule has 0 aromatic carbocycles. The summed E-state index contributed by atoms with van der Waals surface area (Å²) in [5.74, 6) is 0. The van der Waals surface area contributed by atoms with E-state index in [2.05, 4.69) is 38.0 Å². The van der Waals surface area contributed by atoms with Gasteiger partial charge < -0.3 is 10.2 Å². The molecule has 2 nitrogen and oxygen atoms in total. The van der Waals surface area contributed by atoms with Gasteiger partial charge in [-0.1, -0.05) is 13.8 Å². The zero-order chi connectivity index (χ0) is 8.43. The monoisotopic (exact) mass is 156 g/mol. The molecule has 1 rings (SSSR count). The summed E-state index contributed by atoms with van der Waals surface area (Å²) in [6.07, 6.45) is 1.30. The van der Waals surface area contributed by atoms with Gasteiger partial charge in [0.25, 0.3) is 0 Å². The van der Waals surface area contributed by atoms with Crippen LogP contribution < -0.4 is 5.32 Å². The van der Waals surface area contributed by atoms with Crippen LogP contribution in [0.25, 0.3) is 0 Å². The van der Waals surface area contributed by atoms with Gasteiger partial charge in [-0.25, -0.2) is 0 Å². The fourth-order valence-electron chi connectivity index (χ4n) is 1.75. The minimum atomic E-state index is 0.619. The van der Waals surface area contributed by atoms with Crippen LogP contribution in [0.2, 0.25) is 0 Å². The fraction of sp³-hybridized carbons (Fsp3) is 1.00. The maximum Gasteiger partial charge on any atom is 0.0235 e. The molecule has 0 amide bonds. The predicted octanol–water partition coefficient (Wildman–Crippen LogP) is 1.08. The van der Waals surface area contributed by atoms with Crippen molar-refractivity contribution in [1.29, 1.82) is 0 Å². The van der Waals surface area contributed by atoms with Crippen LogP contribution in [0.5, 0.6) is 0 Å². The van der Waals surface area contributed by atoms with Gasteiger partial charge in [-0.05, 0) is 26.9 Å². The highest BCUT2D eigenvalue weighted by atomic mass is 15.2. The van der Waals surface area contributed by atoms with E-state index in [1.807, 2.05) is 0 Å². The summed E-state index contributed by atoms with van der Waals surface area (Å²) in [6, 6.07) is 2.03. The first-order valence-corrected chi connectivity index (χ1v) is 4.57. The zero-order valence-corrected chi connectivity index (χ0v) is 8.09. The summed E-state index contributed by atoms with van der Waals surface area (Å²) in [4.78, 5) is 2.42. The van der Waals surface area contributed by atoms with E-state index < -0.39 is 0 Å². The van der Waals surface area contributed by atoms with Gasteiger partial charge in [0.15, 0.2) is 0 Å². The second-order valence-electron chi connectivity index (χ2n) is 3.94. The Morgan fingerprint density at radius 1 is 1.45 bits per heavy atom. The molecule has 1 aliphatic rings. The third kappa shape index (κ3) is 2.17. The molecule has 0 aromatic heterocycles. The van der Waals surface area contributed by atoms with Crippen LogP contribution in [0.4, 0.5) is 0 Å².